The molecule has 0 bridgehead atoms. The van der Waals surface area contributed by atoms with Crippen LogP contribution in [0.1, 0.15) is 15.3 Å². The molecule has 0 unspecified atom stereocenters. The molecular weight excluding hydrogens is 226 g/mol. The minimum Gasteiger partial charge on any atom is -0.357 e. The molecule has 0 saturated carbocycles. The Kier molecular flexibility index (Phi) is 2.99. The fourth-order valence-corrected chi connectivity index (χ4v) is 2.54. The van der Waals surface area contributed by atoms with Crippen LogP contribution in [-0.2, 0) is 6.54 Å². The van der Waals surface area contributed by atoms with Crippen LogP contribution < -0.4 is 5.32 Å². The van der Waals surface area contributed by atoms with E-state index < -0.39 is 0 Å². The summed E-state index contributed by atoms with van der Waals surface area (Å²) in [6.07, 6.45) is 1.85. The summed E-state index contributed by atoms with van der Waals surface area (Å²) in [5.41, 5.74) is 0.729. The first-order chi connectivity index (χ1) is 7.28. The number of nitriles is 1. The van der Waals surface area contributed by atoms with Gasteiger partial charge in [-0.25, -0.2) is 4.98 Å². The highest BCUT2D eigenvalue weighted by molar-refractivity contribution is 7.15. The Hall–Kier alpha value is -1.38. The van der Waals surface area contributed by atoms with Crippen LogP contribution in [0.2, 0.25) is 0 Å². The maximum atomic E-state index is 8.67. The molecule has 0 aliphatic heterocycles. The van der Waals surface area contributed by atoms with Gasteiger partial charge < -0.3 is 5.32 Å². The zero-order chi connectivity index (χ0) is 10.7. The average molecular weight is 235 g/mol. The van der Waals surface area contributed by atoms with Crippen LogP contribution in [0.5, 0.6) is 0 Å². The van der Waals surface area contributed by atoms with Crippen molar-refractivity contribution in [3.05, 3.63) is 33.0 Å². The summed E-state index contributed by atoms with van der Waals surface area (Å²) in [6.45, 7) is 2.76. The first-order valence-corrected chi connectivity index (χ1v) is 6.11. The molecule has 0 saturated heterocycles. The second-order valence-corrected chi connectivity index (χ2v) is 5.27. The van der Waals surface area contributed by atoms with Gasteiger partial charge in [0.15, 0.2) is 5.13 Å². The van der Waals surface area contributed by atoms with Gasteiger partial charge >= 0.3 is 0 Å². The highest BCUT2D eigenvalue weighted by Crippen LogP contribution is 2.19. The number of thiophene rings is 1. The molecule has 0 aliphatic rings. The molecule has 0 fully saturated rings. The first kappa shape index (κ1) is 10.1. The Bertz CT molecular complexity index is 493. The minimum absolute atomic E-state index is 0.729. The third kappa shape index (κ3) is 2.55. The molecule has 0 amide bonds. The SMILES string of the molecule is Cc1cnc(NCc2cc(C#N)cs2)s1. The maximum Gasteiger partial charge on any atom is 0.183 e. The lowest BCUT2D eigenvalue weighted by molar-refractivity contribution is 1.17. The monoisotopic (exact) mass is 235 g/mol. The largest absolute Gasteiger partial charge is 0.357 e. The van der Waals surface area contributed by atoms with Gasteiger partial charge in [0.2, 0.25) is 0 Å². The van der Waals surface area contributed by atoms with Crippen LogP contribution in [0.15, 0.2) is 17.6 Å². The maximum absolute atomic E-state index is 8.67. The van der Waals surface area contributed by atoms with Gasteiger partial charge in [-0.15, -0.1) is 22.7 Å². The van der Waals surface area contributed by atoms with Crippen LogP contribution in [0.3, 0.4) is 0 Å². The Balaban J connectivity index is 1.96. The molecule has 1 N–H and O–H groups in total. The van der Waals surface area contributed by atoms with Gasteiger partial charge in [-0.05, 0) is 13.0 Å². The van der Waals surface area contributed by atoms with Crippen molar-refractivity contribution in [3.8, 4) is 6.07 Å². The van der Waals surface area contributed by atoms with E-state index in [0.29, 0.717) is 0 Å². The molecule has 0 atom stereocenters. The molecule has 0 aromatic carbocycles. The summed E-state index contributed by atoms with van der Waals surface area (Å²) in [7, 11) is 0. The van der Waals surface area contributed by atoms with E-state index in [1.54, 1.807) is 22.7 Å². The molecule has 0 radical (unpaired) electrons. The van der Waals surface area contributed by atoms with Crippen molar-refractivity contribution in [1.29, 1.82) is 5.26 Å². The van der Waals surface area contributed by atoms with Crippen molar-refractivity contribution in [2.45, 2.75) is 13.5 Å². The van der Waals surface area contributed by atoms with Gasteiger partial charge in [0.05, 0.1) is 12.1 Å². The molecule has 3 nitrogen and oxygen atoms in total. The fraction of sp³-hybridized carbons (Fsp3) is 0.200. The third-order valence-corrected chi connectivity index (χ3v) is 3.63. The summed E-state index contributed by atoms with van der Waals surface area (Å²) < 4.78 is 0. The van der Waals surface area contributed by atoms with E-state index in [1.165, 1.54) is 4.88 Å². The van der Waals surface area contributed by atoms with Gasteiger partial charge in [0.1, 0.15) is 6.07 Å². The van der Waals surface area contributed by atoms with Crippen molar-refractivity contribution in [3.63, 3.8) is 0 Å². The van der Waals surface area contributed by atoms with Crippen molar-refractivity contribution >= 4 is 27.8 Å². The lowest BCUT2D eigenvalue weighted by atomic mass is 10.3. The number of aromatic nitrogens is 1. The fourth-order valence-electron chi connectivity index (χ4n) is 1.13. The third-order valence-electron chi connectivity index (χ3n) is 1.82. The van der Waals surface area contributed by atoms with Gasteiger partial charge in [0.25, 0.3) is 0 Å². The summed E-state index contributed by atoms with van der Waals surface area (Å²) in [5.74, 6) is 0. The average Bonchev–Trinajstić information content (AvgIpc) is 2.83. The number of nitrogens with one attached hydrogen (secondary N) is 1. The first-order valence-electron chi connectivity index (χ1n) is 4.42. The van der Waals surface area contributed by atoms with E-state index in [-0.39, 0.29) is 0 Å². The molecule has 15 heavy (non-hydrogen) atoms. The summed E-state index contributed by atoms with van der Waals surface area (Å²) >= 11 is 3.23. The Labute approximate surface area is 96.0 Å². The predicted octanol–water partition coefficient (Wildman–Crippen LogP) is 3.00. The molecule has 2 aromatic heterocycles. The van der Waals surface area contributed by atoms with Crippen LogP contribution in [0.25, 0.3) is 0 Å². The van der Waals surface area contributed by atoms with E-state index in [0.717, 1.165) is 22.1 Å². The second-order valence-electron chi connectivity index (χ2n) is 3.04. The topological polar surface area (TPSA) is 48.7 Å². The lowest BCUT2D eigenvalue weighted by Crippen LogP contribution is -1.95. The minimum atomic E-state index is 0.729. The molecule has 2 aromatic rings. The van der Waals surface area contributed by atoms with E-state index >= 15 is 0 Å². The second kappa shape index (κ2) is 4.43. The van der Waals surface area contributed by atoms with Gasteiger partial charge in [-0.1, -0.05) is 0 Å². The van der Waals surface area contributed by atoms with Crippen LogP contribution in [-0.4, -0.2) is 4.98 Å². The molecule has 0 aliphatic carbocycles. The number of rotatable bonds is 3. The molecule has 5 heteroatoms. The standard InChI is InChI=1S/C10H9N3S2/c1-7-4-12-10(15-7)13-5-9-2-8(3-11)6-14-9/h2,4,6H,5H2,1H3,(H,12,13). The highest BCUT2D eigenvalue weighted by atomic mass is 32.1. The number of anilines is 1. The van der Waals surface area contributed by atoms with Crippen molar-refractivity contribution < 1.29 is 0 Å². The quantitative estimate of drug-likeness (QED) is 0.889. The Morgan fingerprint density at radius 1 is 1.60 bits per heavy atom. The summed E-state index contributed by atoms with van der Waals surface area (Å²) in [6, 6.07) is 4.02. The number of aryl methyl sites for hydroxylation is 1. The lowest BCUT2D eigenvalue weighted by Gasteiger charge is -1.98. The number of hydrogen-bond acceptors (Lipinski definition) is 5. The molecule has 76 valence electrons. The number of nitrogens with zero attached hydrogens (tertiary/aromatic N) is 2. The zero-order valence-corrected chi connectivity index (χ0v) is 9.78. The van der Waals surface area contributed by atoms with Crippen LogP contribution in [0.4, 0.5) is 5.13 Å². The summed E-state index contributed by atoms with van der Waals surface area (Å²) in [5, 5.41) is 14.7. The Morgan fingerprint density at radius 2 is 2.47 bits per heavy atom. The number of hydrogen-bond donors (Lipinski definition) is 1. The van der Waals surface area contributed by atoms with Gasteiger partial charge in [0, 0.05) is 21.3 Å². The smallest absolute Gasteiger partial charge is 0.183 e. The van der Waals surface area contributed by atoms with E-state index in [9.17, 15) is 0 Å². The normalized spacial score (nSPS) is 9.87. The van der Waals surface area contributed by atoms with Gasteiger partial charge in [-0.3, -0.25) is 0 Å². The van der Waals surface area contributed by atoms with Crippen molar-refractivity contribution in [2.24, 2.45) is 0 Å². The molecular formula is C10H9N3S2. The zero-order valence-electron chi connectivity index (χ0n) is 8.15. The van der Waals surface area contributed by atoms with Crippen molar-refractivity contribution in [2.75, 3.05) is 5.32 Å². The highest BCUT2D eigenvalue weighted by Gasteiger charge is 2.01. The predicted molar refractivity (Wildman–Crippen MR) is 63.2 cm³/mol. The Morgan fingerprint density at radius 3 is 3.07 bits per heavy atom. The van der Waals surface area contributed by atoms with Crippen molar-refractivity contribution in [1.82, 2.24) is 4.98 Å². The molecule has 0 spiro atoms. The van der Waals surface area contributed by atoms with Gasteiger partial charge in [-0.2, -0.15) is 5.26 Å². The van der Waals surface area contributed by atoms with Crippen LogP contribution in [0, 0.1) is 18.3 Å². The molecule has 2 heterocycles. The van der Waals surface area contributed by atoms with E-state index in [1.807, 2.05) is 24.6 Å². The van der Waals surface area contributed by atoms with E-state index in [4.69, 9.17) is 5.26 Å². The van der Waals surface area contributed by atoms with Crippen LogP contribution >= 0.6 is 22.7 Å². The van der Waals surface area contributed by atoms with E-state index in [2.05, 4.69) is 16.4 Å². The number of thiazole rings is 1. The summed E-state index contributed by atoms with van der Waals surface area (Å²) in [4.78, 5) is 6.55. The molecule has 2 rings (SSSR count).